The lowest BCUT2D eigenvalue weighted by Gasteiger charge is -2.39. The van der Waals surface area contributed by atoms with Gasteiger partial charge in [-0.3, -0.25) is 0 Å². The van der Waals surface area contributed by atoms with Gasteiger partial charge in [-0.2, -0.15) is 0 Å². The quantitative estimate of drug-likeness (QED) is 0.380. The molecule has 0 aliphatic carbocycles. The molecule has 37 heavy (non-hydrogen) atoms. The first-order valence-electron chi connectivity index (χ1n) is 14.6. The van der Waals surface area contributed by atoms with Gasteiger partial charge < -0.3 is 0 Å². The largest absolute Gasteiger partial charge is 0.0601 e. The molecule has 0 aromatic heterocycles. The fourth-order valence-electron chi connectivity index (χ4n) is 6.85. The second kappa shape index (κ2) is 9.88. The van der Waals surface area contributed by atoms with E-state index in [1.807, 2.05) is 0 Å². The summed E-state index contributed by atoms with van der Waals surface area (Å²) in [5.41, 5.74) is 10.9. The minimum Gasteiger partial charge on any atom is -0.0601 e. The Morgan fingerprint density at radius 1 is 0.486 bits per heavy atom. The molecule has 2 aromatic rings. The van der Waals surface area contributed by atoms with E-state index in [2.05, 4.69) is 148 Å². The third-order valence-corrected chi connectivity index (χ3v) is 7.64. The van der Waals surface area contributed by atoms with Crippen LogP contribution in [-0.4, -0.2) is 0 Å². The number of hydrogen-bond acceptors (Lipinski definition) is 0. The average Bonchev–Trinajstić information content (AvgIpc) is 2.61. The molecule has 0 N–H and O–H groups in total. The monoisotopic (exact) mass is 504 g/mol. The molecule has 0 fully saturated rings. The first-order valence-corrected chi connectivity index (χ1v) is 14.6. The van der Waals surface area contributed by atoms with Gasteiger partial charge in [0.25, 0.3) is 0 Å². The minimum atomic E-state index is 0.0383. The molecule has 2 aromatic carbocycles. The first kappa shape index (κ1) is 31.7. The number of rotatable bonds is 5. The molecule has 0 nitrogen and oxygen atoms in total. The van der Waals surface area contributed by atoms with Crippen LogP contribution in [-0.2, 0) is 21.7 Å². The Labute approximate surface area is 232 Å². The van der Waals surface area contributed by atoms with E-state index in [1.54, 1.807) is 0 Å². The molecule has 0 bridgehead atoms. The van der Waals surface area contributed by atoms with Gasteiger partial charge >= 0.3 is 0 Å². The lowest BCUT2D eigenvalue weighted by atomic mass is 9.65. The molecule has 0 aliphatic rings. The van der Waals surface area contributed by atoms with E-state index in [0.717, 1.165) is 12.8 Å². The lowest BCUT2D eigenvalue weighted by molar-refractivity contribution is 0.279. The van der Waals surface area contributed by atoms with Gasteiger partial charge in [-0.05, 0) is 85.6 Å². The van der Waals surface area contributed by atoms with Crippen LogP contribution < -0.4 is 0 Å². The molecule has 0 heteroatoms. The van der Waals surface area contributed by atoms with Crippen LogP contribution in [0.2, 0.25) is 0 Å². The summed E-state index contributed by atoms with van der Waals surface area (Å²) >= 11 is 0. The summed E-state index contributed by atoms with van der Waals surface area (Å²) in [5.74, 6) is 0. The van der Waals surface area contributed by atoms with Gasteiger partial charge in [0.15, 0.2) is 0 Å². The molecule has 0 aliphatic heterocycles. The molecule has 0 radical (unpaired) electrons. The van der Waals surface area contributed by atoms with E-state index in [1.165, 1.54) is 38.9 Å². The van der Waals surface area contributed by atoms with Gasteiger partial charge in [-0.1, -0.05) is 147 Å². The molecular formula is C37H60. The average molecular weight is 505 g/mol. The number of benzene rings is 2. The summed E-state index contributed by atoms with van der Waals surface area (Å²) < 4.78 is 0. The van der Waals surface area contributed by atoms with Crippen molar-refractivity contribution in [3.63, 3.8) is 0 Å². The summed E-state index contributed by atoms with van der Waals surface area (Å²) in [6, 6.07) is 12.4. The summed E-state index contributed by atoms with van der Waals surface area (Å²) in [7, 11) is 0. The molecule has 0 amide bonds. The van der Waals surface area contributed by atoms with Gasteiger partial charge in [0, 0.05) is 0 Å². The highest BCUT2D eigenvalue weighted by Gasteiger charge is 2.35. The van der Waals surface area contributed by atoms with Crippen LogP contribution in [0, 0.1) is 17.8 Å². The van der Waals surface area contributed by atoms with Crippen LogP contribution in [0.15, 0.2) is 30.3 Å². The zero-order valence-electron chi connectivity index (χ0n) is 27.8. The van der Waals surface area contributed by atoms with Crippen LogP contribution >= 0.6 is 0 Å². The third-order valence-electron chi connectivity index (χ3n) is 7.64. The zero-order valence-corrected chi connectivity index (χ0v) is 27.8. The topological polar surface area (TPSA) is 0 Å². The maximum absolute atomic E-state index is 2.59. The van der Waals surface area contributed by atoms with E-state index in [9.17, 15) is 0 Å². The van der Waals surface area contributed by atoms with Crippen molar-refractivity contribution in [2.45, 2.75) is 152 Å². The first-order chi connectivity index (χ1) is 16.2. The van der Waals surface area contributed by atoms with E-state index in [-0.39, 0.29) is 32.5 Å². The van der Waals surface area contributed by atoms with E-state index in [4.69, 9.17) is 0 Å². The van der Waals surface area contributed by atoms with Crippen molar-refractivity contribution < 1.29 is 0 Å². The molecule has 0 spiro atoms. The Morgan fingerprint density at radius 2 is 0.892 bits per heavy atom. The summed E-state index contributed by atoms with van der Waals surface area (Å²) in [6.07, 6.45) is 2.29. The molecule has 0 atom stereocenters. The van der Waals surface area contributed by atoms with E-state index < -0.39 is 0 Å². The Balaban J connectivity index is 3.06. The third kappa shape index (κ3) is 7.97. The molecule has 0 unspecified atom stereocenters. The zero-order chi connectivity index (χ0) is 29.0. The normalized spacial score (nSPS) is 14.3. The minimum absolute atomic E-state index is 0.0383. The SMILES string of the molecule is Cc1cc(C(C)(C)C)c(-c2ccc(C(C)(C)CC(C)(C)C)cc2C(C)(C)CC(C)(C)C)c(C(C)(C)C)c1. The predicted molar refractivity (Wildman–Crippen MR) is 168 cm³/mol. The molecule has 0 heterocycles. The van der Waals surface area contributed by atoms with Crippen LogP contribution in [0.4, 0.5) is 0 Å². The number of hydrogen-bond donors (Lipinski definition) is 0. The smallest absolute Gasteiger partial charge is 0.00923 e. The maximum atomic E-state index is 2.59. The van der Waals surface area contributed by atoms with Gasteiger partial charge in [0.05, 0.1) is 0 Å². The highest BCUT2D eigenvalue weighted by Crippen LogP contribution is 2.48. The van der Waals surface area contributed by atoms with Crippen molar-refractivity contribution in [3.8, 4) is 11.1 Å². The van der Waals surface area contributed by atoms with Crippen LogP contribution in [0.3, 0.4) is 0 Å². The Morgan fingerprint density at radius 3 is 1.27 bits per heavy atom. The van der Waals surface area contributed by atoms with Crippen LogP contribution in [0.1, 0.15) is 151 Å². The summed E-state index contributed by atoms with van der Waals surface area (Å²) in [6.45, 7) is 40.6. The van der Waals surface area contributed by atoms with Gasteiger partial charge in [-0.25, -0.2) is 0 Å². The Kier molecular flexibility index (Phi) is 8.45. The second-order valence-electron chi connectivity index (χ2n) is 17.7. The van der Waals surface area contributed by atoms with Gasteiger partial charge in [0.2, 0.25) is 0 Å². The van der Waals surface area contributed by atoms with Crippen LogP contribution in [0.5, 0.6) is 0 Å². The summed E-state index contributed by atoms with van der Waals surface area (Å²) in [4.78, 5) is 0. The van der Waals surface area contributed by atoms with E-state index in [0.29, 0.717) is 0 Å². The van der Waals surface area contributed by atoms with Crippen LogP contribution in [0.25, 0.3) is 11.1 Å². The Bertz CT molecular complexity index is 1060. The predicted octanol–water partition coefficient (Wildman–Crippen LogP) is 11.7. The Hall–Kier alpha value is -1.56. The second-order valence-corrected chi connectivity index (χ2v) is 17.7. The molecule has 2 rings (SSSR count). The fourth-order valence-corrected chi connectivity index (χ4v) is 6.85. The van der Waals surface area contributed by atoms with Crippen molar-refractivity contribution in [2.75, 3.05) is 0 Å². The van der Waals surface area contributed by atoms with Gasteiger partial charge in [0.1, 0.15) is 0 Å². The molecular weight excluding hydrogens is 444 g/mol. The van der Waals surface area contributed by atoms with Crippen molar-refractivity contribution in [3.05, 3.63) is 58.1 Å². The fraction of sp³-hybridized carbons (Fsp3) is 0.676. The lowest BCUT2D eigenvalue weighted by Crippen LogP contribution is -2.29. The molecule has 0 saturated carbocycles. The summed E-state index contributed by atoms with van der Waals surface area (Å²) in [5, 5.41) is 0. The van der Waals surface area contributed by atoms with Crippen molar-refractivity contribution in [1.82, 2.24) is 0 Å². The number of aryl methyl sites for hydroxylation is 1. The molecule has 208 valence electrons. The highest BCUT2D eigenvalue weighted by molar-refractivity contribution is 5.78. The standard InChI is InChI=1S/C37H60/c1-25-20-29(34(8,9)10)31(30(21-25)35(11,12)13)27-19-18-26(36(14,15)23-32(2,3)4)22-28(27)37(16,17)24-33(5,6)7/h18-22H,23-24H2,1-17H3. The van der Waals surface area contributed by atoms with E-state index >= 15 is 0 Å². The maximum Gasteiger partial charge on any atom is -0.00923 e. The van der Waals surface area contributed by atoms with Crippen molar-refractivity contribution in [1.29, 1.82) is 0 Å². The van der Waals surface area contributed by atoms with Gasteiger partial charge in [-0.15, -0.1) is 0 Å². The molecule has 0 saturated heterocycles. The van der Waals surface area contributed by atoms with Crippen molar-refractivity contribution >= 4 is 0 Å². The van der Waals surface area contributed by atoms with Crippen molar-refractivity contribution in [2.24, 2.45) is 10.8 Å². The highest BCUT2D eigenvalue weighted by atomic mass is 14.4.